The molecular weight excluding hydrogens is 743 g/mol. The number of benzene rings is 4. The molecule has 52 heavy (non-hydrogen) atoms. The SMILES string of the molecule is Fc1cc(F)c([B-](c2c(F)cc(F)c(F)c2F)(c2c(F)cc(F)c(F)c2F)c2c(F)cc(F)c(F)c2F)c(F)c1F.NC1(N)C=C=C=CCC1(N)N. The van der Waals surface area contributed by atoms with Gasteiger partial charge in [0.1, 0.15) is 40.7 Å². The lowest BCUT2D eigenvalue weighted by Crippen LogP contribution is -2.80. The third kappa shape index (κ3) is 6.25. The second kappa shape index (κ2) is 13.8. The fourth-order valence-corrected chi connectivity index (χ4v) is 5.53. The average molecular weight is 759 g/mol. The van der Waals surface area contributed by atoms with Crippen molar-refractivity contribution in [2.75, 3.05) is 0 Å². The Morgan fingerprint density at radius 2 is 0.673 bits per heavy atom. The molecule has 0 heterocycles. The van der Waals surface area contributed by atoms with Gasteiger partial charge in [0.05, 0.1) is 23.3 Å². The lowest BCUT2D eigenvalue weighted by atomic mass is 9.12. The van der Waals surface area contributed by atoms with Crippen LogP contribution in [0.3, 0.4) is 0 Å². The van der Waals surface area contributed by atoms with Gasteiger partial charge in [-0.1, -0.05) is 11.5 Å². The zero-order chi connectivity index (χ0) is 39.4. The monoisotopic (exact) mass is 759 g/mol. The van der Waals surface area contributed by atoms with Crippen LogP contribution in [0.25, 0.3) is 0 Å². The molecule has 0 fully saturated rings. The first-order chi connectivity index (χ1) is 23.9. The first-order valence-electron chi connectivity index (χ1n) is 13.8. The van der Waals surface area contributed by atoms with E-state index in [9.17, 15) is 35.1 Å². The summed E-state index contributed by atoms with van der Waals surface area (Å²) in [4.78, 5) is 0. The Balaban J connectivity index is 0.000000470. The molecule has 0 bridgehead atoms. The molecule has 1 aliphatic carbocycles. The zero-order valence-corrected chi connectivity index (χ0v) is 25.1. The summed E-state index contributed by atoms with van der Waals surface area (Å²) in [7, 11) is 0. The van der Waals surface area contributed by atoms with Crippen LogP contribution >= 0.6 is 0 Å². The summed E-state index contributed by atoms with van der Waals surface area (Å²) in [6.07, 6.45) is -2.70. The smallest absolute Gasteiger partial charge is 0.191 e. The minimum absolute atomic E-state index is 0.392. The molecule has 8 N–H and O–H groups in total. The number of nitrogens with two attached hydrogens (primary N) is 4. The molecule has 4 aromatic carbocycles. The van der Waals surface area contributed by atoms with Crippen molar-refractivity contribution in [1.82, 2.24) is 0 Å². The van der Waals surface area contributed by atoms with Crippen molar-refractivity contribution in [3.8, 4) is 0 Å². The van der Waals surface area contributed by atoms with Crippen molar-refractivity contribution in [3.05, 3.63) is 141 Å². The molecule has 0 amide bonds. The van der Waals surface area contributed by atoms with Crippen LogP contribution in [0.5, 0.6) is 0 Å². The molecule has 0 saturated heterocycles. The maximum Gasteiger partial charge on any atom is 0.191 e. The molecule has 4 nitrogen and oxygen atoms in total. The maximum atomic E-state index is 15.3. The van der Waals surface area contributed by atoms with Gasteiger partial charge in [-0.2, -0.15) is 0 Å². The second-order valence-electron chi connectivity index (χ2n) is 11.2. The standard InChI is InChI=1S/C24H4BF16.C7H12N4/c26-5-1-9(30)17(34)21(38)13(5)25(14-6(27)2-10(31)18(35)22(14)39,15-7(28)3-11(32)19(36)23(15)40)16-8(29)4-12(33)20(37)24(16)41;8-6(9)4-2-1-3-5-7(6,10)11/h1-4H;2,5H,4,8-11H2/q-1;. The van der Waals surface area contributed by atoms with Crippen LogP contribution < -0.4 is 44.8 Å². The van der Waals surface area contributed by atoms with Crippen molar-refractivity contribution in [3.63, 3.8) is 0 Å². The lowest BCUT2D eigenvalue weighted by Gasteiger charge is -2.44. The van der Waals surface area contributed by atoms with Gasteiger partial charge in [0.25, 0.3) is 0 Å². The minimum atomic E-state index is -6.18. The topological polar surface area (TPSA) is 104 Å². The number of hydrogen-bond donors (Lipinski definition) is 4. The van der Waals surface area contributed by atoms with Gasteiger partial charge in [0.15, 0.2) is 46.5 Å². The van der Waals surface area contributed by atoms with E-state index >= 15 is 35.1 Å². The number of rotatable bonds is 4. The molecule has 0 atom stereocenters. The third-order valence-corrected chi connectivity index (χ3v) is 8.07. The van der Waals surface area contributed by atoms with Crippen LogP contribution in [0.1, 0.15) is 6.42 Å². The minimum Gasteiger partial charge on any atom is -0.310 e. The molecule has 0 saturated carbocycles. The largest absolute Gasteiger partial charge is 0.310 e. The first kappa shape index (κ1) is 39.7. The highest BCUT2D eigenvalue weighted by Gasteiger charge is 2.49. The van der Waals surface area contributed by atoms with Gasteiger partial charge in [-0.25, -0.2) is 70.2 Å². The van der Waals surface area contributed by atoms with Crippen LogP contribution in [0, 0.1) is 93.1 Å². The van der Waals surface area contributed by atoms with E-state index in [1.165, 1.54) is 6.08 Å². The van der Waals surface area contributed by atoms with E-state index in [4.69, 9.17) is 22.9 Å². The van der Waals surface area contributed by atoms with Crippen LogP contribution in [-0.4, -0.2) is 17.5 Å². The van der Waals surface area contributed by atoms with Crippen molar-refractivity contribution in [2.24, 2.45) is 22.9 Å². The molecule has 21 heteroatoms. The van der Waals surface area contributed by atoms with Gasteiger partial charge in [-0.05, 0) is 6.08 Å². The molecule has 276 valence electrons. The molecule has 0 radical (unpaired) electrons. The Hall–Kier alpha value is -5.04. The Bertz CT molecular complexity index is 1990. The fraction of sp³-hybridized carbons (Fsp3) is 0.0968. The molecule has 1 aliphatic rings. The van der Waals surface area contributed by atoms with Crippen LogP contribution in [0.2, 0.25) is 0 Å². The van der Waals surface area contributed by atoms with Gasteiger partial charge in [0, 0.05) is 36.8 Å². The highest BCUT2D eigenvalue weighted by molar-refractivity contribution is 7.20. The van der Waals surface area contributed by atoms with Crippen molar-refractivity contribution in [1.29, 1.82) is 0 Å². The fourth-order valence-electron chi connectivity index (χ4n) is 5.53. The summed E-state index contributed by atoms with van der Waals surface area (Å²) in [5.41, 5.74) is 14.6. The summed E-state index contributed by atoms with van der Waals surface area (Å²) in [5, 5.41) is 0. The quantitative estimate of drug-likeness (QED) is 0.0636. The maximum absolute atomic E-state index is 15.3. The summed E-state index contributed by atoms with van der Waals surface area (Å²) in [6, 6.07) is -2.92. The molecular formula is C31H16BF16N4-. The Morgan fingerprint density at radius 1 is 0.404 bits per heavy atom. The van der Waals surface area contributed by atoms with Crippen LogP contribution in [0.4, 0.5) is 70.2 Å². The molecule has 4 aromatic rings. The van der Waals surface area contributed by atoms with Gasteiger partial charge < -0.3 is 22.9 Å². The summed E-state index contributed by atoms with van der Waals surface area (Å²) < 4.78 is 235. The van der Waals surface area contributed by atoms with Gasteiger partial charge in [-0.15, -0.1) is 21.9 Å². The van der Waals surface area contributed by atoms with Crippen molar-refractivity contribution in [2.45, 2.75) is 17.7 Å². The van der Waals surface area contributed by atoms with Gasteiger partial charge in [-0.3, -0.25) is 0 Å². The van der Waals surface area contributed by atoms with Crippen LogP contribution in [-0.2, 0) is 0 Å². The van der Waals surface area contributed by atoms with E-state index in [-0.39, 0.29) is 0 Å². The van der Waals surface area contributed by atoms with Crippen molar-refractivity contribution < 1.29 is 70.2 Å². The zero-order valence-electron chi connectivity index (χ0n) is 25.1. The highest BCUT2D eigenvalue weighted by Crippen LogP contribution is 2.27. The Labute approximate surface area is 280 Å². The van der Waals surface area contributed by atoms with E-state index in [1.807, 2.05) is 0 Å². The summed E-state index contributed by atoms with van der Waals surface area (Å²) >= 11 is 0. The third-order valence-electron chi connectivity index (χ3n) is 8.07. The van der Waals surface area contributed by atoms with E-state index in [2.05, 4.69) is 11.5 Å². The molecule has 0 aliphatic heterocycles. The summed E-state index contributed by atoms with van der Waals surface area (Å²) in [5.74, 6) is -45.1. The van der Waals surface area contributed by atoms with E-state index < -0.39 is 157 Å². The van der Waals surface area contributed by atoms with Gasteiger partial charge >= 0.3 is 0 Å². The van der Waals surface area contributed by atoms with Crippen molar-refractivity contribution >= 4 is 28.0 Å². The Morgan fingerprint density at radius 3 is 0.942 bits per heavy atom. The normalized spacial score (nSPS) is 14.7. The van der Waals surface area contributed by atoms with Crippen LogP contribution in [0.15, 0.2) is 47.9 Å². The molecule has 0 aromatic heterocycles. The van der Waals surface area contributed by atoms with E-state index in [0.717, 1.165) is 0 Å². The first-order valence-corrected chi connectivity index (χ1v) is 13.8. The number of hydrogen-bond acceptors (Lipinski definition) is 4. The van der Waals surface area contributed by atoms with E-state index in [1.54, 1.807) is 6.08 Å². The summed E-state index contributed by atoms with van der Waals surface area (Å²) in [6.45, 7) is 0. The predicted octanol–water partition coefficient (Wildman–Crippen LogP) is 3.77. The number of halogens is 16. The Kier molecular flexibility index (Phi) is 10.6. The molecule has 0 unspecified atom stereocenters. The average Bonchev–Trinajstić information content (AvgIpc) is 3.16. The molecule has 5 rings (SSSR count). The molecule has 0 spiro atoms. The highest BCUT2D eigenvalue weighted by atomic mass is 19.2. The predicted molar refractivity (Wildman–Crippen MR) is 152 cm³/mol. The second-order valence-corrected chi connectivity index (χ2v) is 11.2. The lowest BCUT2D eigenvalue weighted by molar-refractivity contribution is 0.289. The van der Waals surface area contributed by atoms with Gasteiger partial charge in [0.2, 0.25) is 0 Å². The van der Waals surface area contributed by atoms with E-state index in [0.29, 0.717) is 6.42 Å².